The maximum atomic E-state index is 13.2. The first kappa shape index (κ1) is 25.6. The van der Waals surface area contributed by atoms with Gasteiger partial charge in [0.15, 0.2) is 0 Å². The molecule has 0 aliphatic carbocycles. The minimum Gasteiger partial charge on any atom is -0.337 e. The van der Waals surface area contributed by atoms with Crippen molar-refractivity contribution < 1.29 is 13.2 Å². The zero-order chi connectivity index (χ0) is 25.0. The van der Waals surface area contributed by atoms with Crippen LogP contribution in [0.2, 0.25) is 0 Å². The number of aryl methyl sites for hydroxylation is 2. The third-order valence-electron chi connectivity index (χ3n) is 6.16. The second kappa shape index (κ2) is 11.0. The lowest BCUT2D eigenvalue weighted by molar-refractivity contribution is 0.189. The van der Waals surface area contributed by atoms with Crippen LogP contribution in [0.1, 0.15) is 18.2 Å². The van der Waals surface area contributed by atoms with E-state index in [4.69, 9.17) is 0 Å². The minimum atomic E-state index is -3.53. The summed E-state index contributed by atoms with van der Waals surface area (Å²) >= 11 is 3.42. The van der Waals surface area contributed by atoms with E-state index in [1.807, 2.05) is 50.2 Å². The molecule has 0 radical (unpaired) electrons. The number of anilines is 1. The van der Waals surface area contributed by atoms with Gasteiger partial charge < -0.3 is 10.6 Å². The van der Waals surface area contributed by atoms with Gasteiger partial charge >= 0.3 is 6.03 Å². The summed E-state index contributed by atoms with van der Waals surface area (Å²) in [5, 5.41) is 6.72. The molecule has 1 aromatic heterocycles. The van der Waals surface area contributed by atoms with E-state index < -0.39 is 10.0 Å². The van der Waals surface area contributed by atoms with Gasteiger partial charge in [0.25, 0.3) is 0 Å². The minimum absolute atomic E-state index is 0.274. The molecular weight excluding hydrogens is 530 g/mol. The van der Waals surface area contributed by atoms with Gasteiger partial charge in [-0.15, -0.1) is 0 Å². The van der Waals surface area contributed by atoms with Crippen molar-refractivity contribution in [2.45, 2.75) is 25.2 Å². The van der Waals surface area contributed by atoms with Crippen molar-refractivity contribution in [1.82, 2.24) is 19.5 Å². The number of rotatable bonds is 7. The molecular formula is C25H30BrN5O3S. The number of pyridine rings is 1. The van der Waals surface area contributed by atoms with Crippen molar-refractivity contribution in [2.24, 2.45) is 0 Å². The van der Waals surface area contributed by atoms with Crippen LogP contribution in [0.25, 0.3) is 10.9 Å². The number of piperazine rings is 1. The largest absolute Gasteiger partial charge is 0.337 e. The van der Waals surface area contributed by atoms with E-state index in [-0.39, 0.29) is 6.03 Å². The third-order valence-corrected chi connectivity index (χ3v) is 8.65. The predicted molar refractivity (Wildman–Crippen MR) is 142 cm³/mol. The number of halogens is 1. The SMILES string of the molecule is CCc1cc(Br)ccc1S(=O)(=O)N1CCN(CCNC(=O)Nc2cc(C)nc3ccccc23)CC1. The fourth-order valence-corrected chi connectivity index (χ4v) is 6.42. The number of carbonyl (C=O) groups excluding carboxylic acids is 1. The molecule has 2 aromatic carbocycles. The maximum Gasteiger partial charge on any atom is 0.319 e. The van der Waals surface area contributed by atoms with E-state index in [9.17, 15) is 13.2 Å². The standard InChI is InChI=1S/C25H30BrN5O3S/c1-3-19-17-20(26)8-9-24(19)35(33,34)31-14-12-30(13-15-31)11-10-27-25(32)29-23-16-18(2)28-22-7-5-4-6-21(22)23/h4-9,16-17H,3,10-15H2,1-2H3,(H2,27,28,29,32). The third kappa shape index (κ3) is 6.00. The Morgan fingerprint density at radius 3 is 2.57 bits per heavy atom. The van der Waals surface area contributed by atoms with E-state index in [0.717, 1.165) is 32.3 Å². The van der Waals surface area contributed by atoms with E-state index in [1.165, 1.54) is 0 Å². The van der Waals surface area contributed by atoms with Gasteiger partial charge in [-0.05, 0) is 49.2 Å². The lowest BCUT2D eigenvalue weighted by Crippen LogP contribution is -2.50. The summed E-state index contributed by atoms with van der Waals surface area (Å²) in [6, 6.07) is 14.6. The number of fused-ring (bicyclic) bond motifs is 1. The van der Waals surface area contributed by atoms with Crippen LogP contribution >= 0.6 is 15.9 Å². The number of nitrogens with zero attached hydrogens (tertiary/aromatic N) is 3. The van der Waals surface area contributed by atoms with Crippen LogP contribution in [-0.4, -0.2) is 67.9 Å². The van der Waals surface area contributed by atoms with Crippen LogP contribution < -0.4 is 10.6 Å². The summed E-state index contributed by atoms with van der Waals surface area (Å²) in [5.41, 5.74) is 3.21. The Labute approximate surface area is 214 Å². The van der Waals surface area contributed by atoms with Crippen molar-refractivity contribution in [3.63, 3.8) is 0 Å². The molecule has 1 aliphatic rings. The fourth-order valence-electron chi connectivity index (χ4n) is 4.31. The van der Waals surface area contributed by atoms with Gasteiger partial charge in [-0.3, -0.25) is 9.88 Å². The van der Waals surface area contributed by atoms with E-state index in [0.29, 0.717) is 50.6 Å². The molecule has 2 N–H and O–H groups in total. The molecule has 3 aromatic rings. The molecule has 8 nitrogen and oxygen atoms in total. The highest BCUT2D eigenvalue weighted by atomic mass is 79.9. The lowest BCUT2D eigenvalue weighted by atomic mass is 10.1. The smallest absolute Gasteiger partial charge is 0.319 e. The summed E-state index contributed by atoms with van der Waals surface area (Å²) < 4.78 is 28.8. The zero-order valence-electron chi connectivity index (χ0n) is 19.9. The van der Waals surface area contributed by atoms with E-state index in [1.54, 1.807) is 16.4 Å². The highest BCUT2D eigenvalue weighted by molar-refractivity contribution is 9.10. The van der Waals surface area contributed by atoms with Crippen molar-refractivity contribution in [2.75, 3.05) is 44.6 Å². The summed E-state index contributed by atoms with van der Waals surface area (Å²) in [6.07, 6.45) is 0.649. The van der Waals surface area contributed by atoms with Gasteiger partial charge in [-0.2, -0.15) is 4.31 Å². The molecule has 4 rings (SSSR count). The Balaban J connectivity index is 1.28. The first-order valence-electron chi connectivity index (χ1n) is 11.7. The van der Waals surface area contributed by atoms with Crippen LogP contribution in [-0.2, 0) is 16.4 Å². The molecule has 2 heterocycles. The van der Waals surface area contributed by atoms with Crippen LogP contribution in [0.15, 0.2) is 57.9 Å². The van der Waals surface area contributed by atoms with Gasteiger partial charge in [0.2, 0.25) is 10.0 Å². The number of hydrogen-bond donors (Lipinski definition) is 2. The predicted octanol–water partition coefficient (Wildman–Crippen LogP) is 4.00. The summed E-state index contributed by atoms with van der Waals surface area (Å²) in [5.74, 6) is 0. The molecule has 0 bridgehead atoms. The first-order chi connectivity index (χ1) is 16.8. The number of aromatic nitrogens is 1. The molecule has 2 amide bonds. The van der Waals surface area contributed by atoms with Crippen LogP contribution in [0.4, 0.5) is 10.5 Å². The van der Waals surface area contributed by atoms with E-state index >= 15 is 0 Å². The molecule has 0 saturated carbocycles. The quantitative estimate of drug-likeness (QED) is 0.456. The fraction of sp³-hybridized carbons (Fsp3) is 0.360. The lowest BCUT2D eigenvalue weighted by Gasteiger charge is -2.34. The molecule has 1 saturated heterocycles. The topological polar surface area (TPSA) is 94.6 Å². The molecule has 1 aliphatic heterocycles. The summed E-state index contributed by atoms with van der Waals surface area (Å²) in [6.45, 7) is 7.06. The van der Waals surface area contributed by atoms with Gasteiger partial charge in [0.1, 0.15) is 0 Å². The van der Waals surface area contributed by atoms with Crippen LogP contribution in [0, 0.1) is 6.92 Å². The second-order valence-corrected chi connectivity index (χ2v) is 11.4. The van der Waals surface area contributed by atoms with Gasteiger partial charge in [0, 0.05) is 54.8 Å². The molecule has 35 heavy (non-hydrogen) atoms. The highest BCUT2D eigenvalue weighted by Gasteiger charge is 2.29. The number of benzene rings is 2. The normalized spacial score (nSPS) is 15.3. The summed E-state index contributed by atoms with van der Waals surface area (Å²) in [4.78, 5) is 19.5. The Bertz CT molecular complexity index is 1320. The van der Waals surface area contributed by atoms with Gasteiger partial charge in [-0.1, -0.05) is 41.1 Å². The molecule has 186 valence electrons. The first-order valence-corrected chi connectivity index (χ1v) is 13.9. The second-order valence-electron chi connectivity index (χ2n) is 8.56. The van der Waals surface area contributed by atoms with Gasteiger partial charge in [-0.25, -0.2) is 13.2 Å². The Kier molecular flexibility index (Phi) is 8.05. The van der Waals surface area contributed by atoms with Gasteiger partial charge in [0.05, 0.1) is 16.1 Å². The molecule has 1 fully saturated rings. The number of para-hydroxylation sites is 1. The molecule has 0 atom stereocenters. The monoisotopic (exact) mass is 559 g/mol. The van der Waals surface area contributed by atoms with Crippen molar-refractivity contribution in [3.8, 4) is 0 Å². The molecule has 10 heteroatoms. The molecule has 0 unspecified atom stereocenters. The van der Waals surface area contributed by atoms with Crippen LogP contribution in [0.5, 0.6) is 0 Å². The Morgan fingerprint density at radius 2 is 1.83 bits per heavy atom. The summed E-state index contributed by atoms with van der Waals surface area (Å²) in [7, 11) is -3.53. The highest BCUT2D eigenvalue weighted by Crippen LogP contribution is 2.25. The Hall–Kier alpha value is -2.53. The van der Waals surface area contributed by atoms with E-state index in [2.05, 4.69) is 36.4 Å². The Morgan fingerprint density at radius 1 is 1.09 bits per heavy atom. The number of nitrogens with one attached hydrogen (secondary N) is 2. The average Bonchev–Trinajstić information content (AvgIpc) is 2.84. The number of hydrogen-bond acceptors (Lipinski definition) is 5. The van der Waals surface area contributed by atoms with Crippen molar-refractivity contribution in [3.05, 3.63) is 64.3 Å². The number of carbonyl (C=O) groups is 1. The zero-order valence-corrected chi connectivity index (χ0v) is 22.3. The van der Waals surface area contributed by atoms with Crippen molar-refractivity contribution >= 4 is 48.6 Å². The number of sulfonamides is 1. The average molecular weight is 561 g/mol. The number of amides is 2. The van der Waals surface area contributed by atoms with Crippen LogP contribution in [0.3, 0.4) is 0 Å². The number of urea groups is 1. The molecule has 0 spiro atoms. The van der Waals surface area contributed by atoms with Crippen molar-refractivity contribution in [1.29, 1.82) is 0 Å². The maximum absolute atomic E-state index is 13.2.